The third kappa shape index (κ3) is 5.63. The van der Waals surface area contributed by atoms with Gasteiger partial charge in [-0.2, -0.15) is 0 Å². The Kier molecular flexibility index (Phi) is 7.18. The van der Waals surface area contributed by atoms with Crippen molar-refractivity contribution < 1.29 is 9.59 Å². The van der Waals surface area contributed by atoms with Crippen LogP contribution in [0.1, 0.15) is 36.0 Å². The zero-order valence-electron chi connectivity index (χ0n) is 15.5. The van der Waals surface area contributed by atoms with E-state index in [9.17, 15) is 9.59 Å². The quantitative estimate of drug-likeness (QED) is 0.711. The Bertz CT molecular complexity index is 849. The van der Waals surface area contributed by atoms with E-state index in [-0.39, 0.29) is 18.4 Å². The van der Waals surface area contributed by atoms with Gasteiger partial charge in [0.2, 0.25) is 5.91 Å². The fraction of sp³-hybridized carbons (Fsp3) is 0.333. The van der Waals surface area contributed by atoms with Gasteiger partial charge < -0.3 is 15.5 Å². The van der Waals surface area contributed by atoms with Gasteiger partial charge in [-0.15, -0.1) is 0 Å². The number of rotatable bonds is 5. The summed E-state index contributed by atoms with van der Waals surface area (Å²) in [7, 11) is 0. The van der Waals surface area contributed by atoms with Crippen molar-refractivity contribution in [1.29, 1.82) is 0 Å². The average Bonchev–Trinajstić information content (AvgIpc) is 2.96. The first-order valence-electron chi connectivity index (χ1n) is 9.41. The highest BCUT2D eigenvalue weighted by atomic mass is 35.5. The second-order valence-corrected chi connectivity index (χ2v) is 7.66. The summed E-state index contributed by atoms with van der Waals surface area (Å²) in [6.07, 6.45) is 4.43. The van der Waals surface area contributed by atoms with Gasteiger partial charge in [0, 0.05) is 29.4 Å². The number of carbonyl (C=O) groups is 2. The smallest absolute Gasteiger partial charge is 0.253 e. The number of hydrogen-bond donors (Lipinski definition) is 2. The Morgan fingerprint density at radius 1 is 0.964 bits per heavy atom. The number of hydrogen-bond acceptors (Lipinski definition) is 3. The van der Waals surface area contributed by atoms with Crippen LogP contribution >= 0.6 is 23.2 Å². The van der Waals surface area contributed by atoms with E-state index in [1.165, 1.54) is 12.8 Å². The van der Waals surface area contributed by atoms with Crippen LogP contribution in [0.5, 0.6) is 0 Å². The van der Waals surface area contributed by atoms with Gasteiger partial charge >= 0.3 is 0 Å². The molecule has 5 nitrogen and oxygen atoms in total. The number of carbonyl (C=O) groups excluding carboxylic acids is 2. The molecule has 1 aliphatic rings. The minimum Gasteiger partial charge on any atom is -0.375 e. The number of nitrogens with one attached hydrogen (secondary N) is 2. The second kappa shape index (κ2) is 9.80. The molecule has 1 saturated heterocycles. The standard InChI is InChI=1S/C21H23Cl2N3O2/c22-16-8-9-19(18(23)13-16)24-14-20(27)25-17-7-5-6-15(12-17)21(28)26-10-3-1-2-4-11-26/h5-9,12-13,24H,1-4,10-11,14H2,(H,25,27). The second-order valence-electron chi connectivity index (χ2n) is 6.81. The van der Waals surface area contributed by atoms with Gasteiger partial charge in [-0.3, -0.25) is 9.59 Å². The van der Waals surface area contributed by atoms with E-state index in [0.717, 1.165) is 25.9 Å². The highest BCUT2D eigenvalue weighted by Gasteiger charge is 2.17. The molecule has 0 aromatic heterocycles. The molecule has 0 aliphatic carbocycles. The van der Waals surface area contributed by atoms with Gasteiger partial charge in [0.05, 0.1) is 17.3 Å². The molecule has 28 heavy (non-hydrogen) atoms. The molecule has 2 N–H and O–H groups in total. The van der Waals surface area contributed by atoms with Crippen molar-refractivity contribution in [1.82, 2.24) is 4.90 Å². The van der Waals surface area contributed by atoms with E-state index in [1.807, 2.05) is 4.90 Å². The predicted octanol–water partition coefficient (Wildman–Crippen LogP) is 5.06. The highest BCUT2D eigenvalue weighted by molar-refractivity contribution is 6.36. The van der Waals surface area contributed by atoms with Crippen LogP contribution in [-0.2, 0) is 4.79 Å². The molecule has 0 bridgehead atoms. The molecular formula is C21H23Cl2N3O2. The molecule has 3 rings (SSSR count). The molecule has 7 heteroatoms. The molecule has 2 aromatic rings. The number of benzene rings is 2. The molecule has 2 aromatic carbocycles. The lowest BCUT2D eigenvalue weighted by molar-refractivity contribution is -0.114. The number of anilines is 2. The van der Waals surface area contributed by atoms with E-state index in [2.05, 4.69) is 10.6 Å². The minimum absolute atomic E-state index is 0.0177. The Balaban J connectivity index is 1.58. The predicted molar refractivity (Wildman–Crippen MR) is 114 cm³/mol. The summed E-state index contributed by atoms with van der Waals surface area (Å²) >= 11 is 12.0. The van der Waals surface area contributed by atoms with Crippen molar-refractivity contribution in [2.75, 3.05) is 30.3 Å². The summed E-state index contributed by atoms with van der Waals surface area (Å²) in [4.78, 5) is 26.9. The lowest BCUT2D eigenvalue weighted by Gasteiger charge is -2.20. The maximum absolute atomic E-state index is 12.7. The molecular weight excluding hydrogens is 397 g/mol. The molecule has 1 heterocycles. The third-order valence-electron chi connectivity index (χ3n) is 4.66. The number of amides is 2. The number of likely N-dealkylation sites (tertiary alicyclic amines) is 1. The summed E-state index contributed by atoms with van der Waals surface area (Å²) in [5, 5.41) is 6.77. The van der Waals surface area contributed by atoms with Gasteiger partial charge in [-0.1, -0.05) is 42.1 Å². The van der Waals surface area contributed by atoms with Crippen molar-refractivity contribution in [3.8, 4) is 0 Å². The Hall–Kier alpha value is -2.24. The largest absolute Gasteiger partial charge is 0.375 e. The van der Waals surface area contributed by atoms with Gasteiger partial charge in [-0.25, -0.2) is 0 Å². The fourth-order valence-electron chi connectivity index (χ4n) is 3.20. The van der Waals surface area contributed by atoms with Crippen LogP contribution < -0.4 is 10.6 Å². The van der Waals surface area contributed by atoms with E-state index in [4.69, 9.17) is 23.2 Å². The molecule has 2 amide bonds. The van der Waals surface area contributed by atoms with Crippen molar-refractivity contribution in [2.45, 2.75) is 25.7 Å². The Morgan fingerprint density at radius 3 is 2.43 bits per heavy atom. The lowest BCUT2D eigenvalue weighted by Crippen LogP contribution is -2.31. The van der Waals surface area contributed by atoms with Gasteiger partial charge in [0.25, 0.3) is 5.91 Å². The van der Waals surface area contributed by atoms with Gasteiger partial charge in [0.15, 0.2) is 0 Å². The summed E-state index contributed by atoms with van der Waals surface area (Å²) in [6.45, 7) is 1.63. The van der Waals surface area contributed by atoms with E-state index in [1.54, 1.807) is 42.5 Å². The molecule has 1 fully saturated rings. The molecule has 148 valence electrons. The van der Waals surface area contributed by atoms with E-state index >= 15 is 0 Å². The maximum atomic E-state index is 12.7. The van der Waals surface area contributed by atoms with Crippen LogP contribution in [0.15, 0.2) is 42.5 Å². The third-order valence-corrected chi connectivity index (χ3v) is 5.20. The fourth-order valence-corrected chi connectivity index (χ4v) is 3.68. The van der Waals surface area contributed by atoms with Crippen molar-refractivity contribution >= 4 is 46.4 Å². The van der Waals surface area contributed by atoms with Crippen LogP contribution in [0.4, 0.5) is 11.4 Å². The zero-order valence-corrected chi connectivity index (χ0v) is 17.0. The number of halogens is 2. The van der Waals surface area contributed by atoms with Crippen molar-refractivity contribution in [2.24, 2.45) is 0 Å². The first-order chi connectivity index (χ1) is 13.5. The SMILES string of the molecule is O=C(CNc1ccc(Cl)cc1Cl)Nc1cccc(C(=O)N2CCCCCC2)c1. The summed E-state index contributed by atoms with van der Waals surface area (Å²) in [5.41, 5.74) is 1.81. The molecule has 0 radical (unpaired) electrons. The normalized spacial score (nSPS) is 14.3. The van der Waals surface area contributed by atoms with E-state index < -0.39 is 0 Å². The zero-order chi connectivity index (χ0) is 19.9. The molecule has 0 atom stereocenters. The first kappa shape index (κ1) is 20.5. The number of nitrogens with zero attached hydrogens (tertiary/aromatic N) is 1. The van der Waals surface area contributed by atoms with Crippen LogP contribution in [0.3, 0.4) is 0 Å². The molecule has 0 unspecified atom stereocenters. The monoisotopic (exact) mass is 419 g/mol. The summed E-state index contributed by atoms with van der Waals surface area (Å²) in [5.74, 6) is -0.213. The first-order valence-corrected chi connectivity index (χ1v) is 10.2. The van der Waals surface area contributed by atoms with E-state index in [0.29, 0.717) is 27.0 Å². The Morgan fingerprint density at radius 2 is 1.71 bits per heavy atom. The lowest BCUT2D eigenvalue weighted by atomic mass is 10.1. The van der Waals surface area contributed by atoms with Gasteiger partial charge in [0.1, 0.15) is 0 Å². The average molecular weight is 420 g/mol. The van der Waals surface area contributed by atoms with Gasteiger partial charge in [-0.05, 0) is 49.2 Å². The maximum Gasteiger partial charge on any atom is 0.253 e. The van der Waals surface area contributed by atoms with Crippen molar-refractivity contribution in [3.63, 3.8) is 0 Å². The summed E-state index contributed by atoms with van der Waals surface area (Å²) < 4.78 is 0. The highest BCUT2D eigenvalue weighted by Crippen LogP contribution is 2.25. The molecule has 0 saturated carbocycles. The molecule has 1 aliphatic heterocycles. The summed E-state index contributed by atoms with van der Waals surface area (Å²) in [6, 6.07) is 12.1. The van der Waals surface area contributed by atoms with Crippen molar-refractivity contribution in [3.05, 3.63) is 58.1 Å². The van der Waals surface area contributed by atoms with Crippen LogP contribution in [-0.4, -0.2) is 36.3 Å². The minimum atomic E-state index is -0.231. The Labute approximate surface area is 175 Å². The topological polar surface area (TPSA) is 61.4 Å². The van der Waals surface area contributed by atoms with Crippen LogP contribution in [0.25, 0.3) is 0 Å². The van der Waals surface area contributed by atoms with Crippen LogP contribution in [0, 0.1) is 0 Å². The van der Waals surface area contributed by atoms with Crippen LogP contribution in [0.2, 0.25) is 10.0 Å². The molecule has 0 spiro atoms.